The Bertz CT molecular complexity index is 695. The van der Waals surface area contributed by atoms with Gasteiger partial charge in [-0.05, 0) is 48.4 Å². The van der Waals surface area contributed by atoms with Gasteiger partial charge in [-0.3, -0.25) is 9.10 Å². The van der Waals surface area contributed by atoms with E-state index in [2.05, 4.69) is 6.92 Å². The predicted molar refractivity (Wildman–Crippen MR) is 86.4 cm³/mol. The molecule has 1 heterocycles. The molecule has 2 fully saturated rings. The van der Waals surface area contributed by atoms with Crippen molar-refractivity contribution in [2.24, 2.45) is 11.3 Å². The van der Waals surface area contributed by atoms with Crippen LogP contribution in [0.4, 0.5) is 5.69 Å². The van der Waals surface area contributed by atoms with Gasteiger partial charge in [0.25, 0.3) is 5.91 Å². The third-order valence-electron chi connectivity index (χ3n) is 5.27. The number of amides is 1. The second kappa shape index (κ2) is 4.98. The minimum Gasteiger partial charge on any atom is -0.338 e. The third-order valence-corrected chi connectivity index (χ3v) is 6.48. The fourth-order valence-corrected chi connectivity index (χ4v) is 3.99. The van der Waals surface area contributed by atoms with Crippen molar-refractivity contribution in [3.05, 3.63) is 29.8 Å². The van der Waals surface area contributed by atoms with E-state index < -0.39 is 10.0 Å². The third kappa shape index (κ3) is 2.49. The normalized spacial score (nSPS) is 26.7. The maximum atomic E-state index is 12.5. The van der Waals surface area contributed by atoms with Gasteiger partial charge in [-0.15, -0.1) is 0 Å². The monoisotopic (exact) mass is 322 g/mol. The molecule has 5 nitrogen and oxygen atoms in total. The van der Waals surface area contributed by atoms with Crippen molar-refractivity contribution < 1.29 is 13.2 Å². The van der Waals surface area contributed by atoms with E-state index in [0.29, 0.717) is 22.6 Å². The summed E-state index contributed by atoms with van der Waals surface area (Å²) in [5.74, 6) is 0.727. The average molecular weight is 322 g/mol. The van der Waals surface area contributed by atoms with Crippen molar-refractivity contribution in [2.45, 2.75) is 19.8 Å². The lowest BCUT2D eigenvalue weighted by Crippen LogP contribution is -2.32. The zero-order valence-electron chi connectivity index (χ0n) is 13.2. The molecule has 0 aromatic heterocycles. The Labute approximate surface area is 132 Å². The van der Waals surface area contributed by atoms with Crippen LogP contribution < -0.4 is 4.31 Å². The van der Waals surface area contributed by atoms with Gasteiger partial charge in [0.2, 0.25) is 10.0 Å². The molecule has 120 valence electrons. The number of nitrogens with zero attached hydrogens (tertiary/aromatic N) is 2. The van der Waals surface area contributed by atoms with Gasteiger partial charge in [-0.25, -0.2) is 8.42 Å². The fraction of sp³-hybridized carbons (Fsp3) is 0.562. The number of hydrogen-bond acceptors (Lipinski definition) is 3. The van der Waals surface area contributed by atoms with Crippen LogP contribution in [0, 0.1) is 11.3 Å². The molecule has 6 heteroatoms. The number of benzene rings is 1. The molecule has 0 spiro atoms. The van der Waals surface area contributed by atoms with Crippen LogP contribution in [-0.4, -0.2) is 45.6 Å². The predicted octanol–water partition coefficient (Wildman–Crippen LogP) is 1.95. The quantitative estimate of drug-likeness (QED) is 0.851. The first-order valence-corrected chi connectivity index (χ1v) is 9.45. The topological polar surface area (TPSA) is 57.7 Å². The van der Waals surface area contributed by atoms with Crippen LogP contribution >= 0.6 is 0 Å². The number of fused-ring (bicyclic) bond motifs is 1. The molecule has 3 rings (SSSR count). The number of hydrogen-bond donors (Lipinski definition) is 0. The number of carbonyl (C=O) groups is 1. The highest BCUT2D eigenvalue weighted by Gasteiger charge is 2.59. The Morgan fingerprint density at radius 2 is 2.00 bits per heavy atom. The Morgan fingerprint density at radius 3 is 2.50 bits per heavy atom. The Balaban J connectivity index is 1.72. The van der Waals surface area contributed by atoms with Gasteiger partial charge in [-0.1, -0.05) is 6.92 Å². The number of sulfonamides is 1. The highest BCUT2D eigenvalue weighted by Crippen LogP contribution is 2.59. The smallest absolute Gasteiger partial charge is 0.253 e. The number of carbonyl (C=O) groups excluding carboxylic acids is 1. The van der Waals surface area contributed by atoms with E-state index >= 15 is 0 Å². The minimum absolute atomic E-state index is 0.0496. The molecule has 1 aromatic rings. The summed E-state index contributed by atoms with van der Waals surface area (Å²) in [4.78, 5) is 14.5. The van der Waals surface area contributed by atoms with Crippen LogP contribution in [0.2, 0.25) is 0 Å². The zero-order valence-corrected chi connectivity index (χ0v) is 14.1. The largest absolute Gasteiger partial charge is 0.338 e. The molecule has 2 atom stereocenters. The summed E-state index contributed by atoms with van der Waals surface area (Å²) in [6, 6.07) is 6.78. The Hall–Kier alpha value is -1.56. The van der Waals surface area contributed by atoms with Gasteiger partial charge in [0.05, 0.1) is 11.9 Å². The zero-order chi connectivity index (χ0) is 16.1. The molecule has 22 heavy (non-hydrogen) atoms. The lowest BCUT2D eigenvalue weighted by atomic mass is 10.0. The summed E-state index contributed by atoms with van der Waals surface area (Å²) in [6.07, 6.45) is 3.55. The van der Waals surface area contributed by atoms with E-state index in [4.69, 9.17) is 0 Å². The summed E-state index contributed by atoms with van der Waals surface area (Å²) in [5, 5.41) is 0. The fourth-order valence-electron chi connectivity index (χ4n) is 3.48. The van der Waals surface area contributed by atoms with Crippen molar-refractivity contribution in [2.75, 3.05) is 30.7 Å². The molecule has 1 saturated heterocycles. The molecule has 1 aliphatic carbocycles. The van der Waals surface area contributed by atoms with Crippen LogP contribution in [0.5, 0.6) is 0 Å². The van der Waals surface area contributed by atoms with E-state index in [1.165, 1.54) is 17.8 Å². The standard InChI is InChI=1S/C16H22N2O3S/c1-4-16-9-13(16)10-18(11-16)15(19)12-5-7-14(8-6-12)17(2)22(3,20)21/h5-8,13H,4,9-11H2,1-3H3. The lowest BCUT2D eigenvalue weighted by molar-refractivity contribution is 0.0764. The van der Waals surface area contributed by atoms with E-state index in [0.717, 1.165) is 25.8 Å². The minimum atomic E-state index is -3.28. The molecule has 2 aliphatic rings. The van der Waals surface area contributed by atoms with E-state index in [1.54, 1.807) is 24.3 Å². The highest BCUT2D eigenvalue weighted by atomic mass is 32.2. The van der Waals surface area contributed by atoms with Crippen molar-refractivity contribution in [3.63, 3.8) is 0 Å². The van der Waals surface area contributed by atoms with Crippen LogP contribution in [0.1, 0.15) is 30.1 Å². The van der Waals surface area contributed by atoms with E-state index in [1.807, 2.05) is 4.90 Å². The van der Waals surface area contributed by atoms with Crippen molar-refractivity contribution in [3.8, 4) is 0 Å². The van der Waals surface area contributed by atoms with Gasteiger partial charge >= 0.3 is 0 Å². The van der Waals surface area contributed by atoms with Gasteiger partial charge in [0.1, 0.15) is 0 Å². The molecular weight excluding hydrogens is 300 g/mol. The molecule has 1 saturated carbocycles. The average Bonchev–Trinajstić information content (AvgIpc) is 3.06. The molecule has 1 amide bonds. The Kier molecular flexibility index (Phi) is 3.47. The molecule has 0 N–H and O–H groups in total. The first kappa shape index (κ1) is 15.3. The summed E-state index contributed by atoms with van der Waals surface area (Å²) in [7, 11) is -1.77. The molecule has 0 radical (unpaired) electrons. The number of piperidine rings is 1. The molecule has 1 aliphatic heterocycles. The SMILES string of the molecule is CCC12CC1CN(C(=O)c1ccc(N(C)S(C)(=O)=O)cc1)C2. The highest BCUT2D eigenvalue weighted by molar-refractivity contribution is 7.92. The molecule has 2 unspecified atom stereocenters. The maximum Gasteiger partial charge on any atom is 0.253 e. The number of anilines is 1. The van der Waals surface area contributed by atoms with Crippen LogP contribution in [-0.2, 0) is 10.0 Å². The van der Waals surface area contributed by atoms with Crippen LogP contribution in [0.15, 0.2) is 24.3 Å². The first-order valence-electron chi connectivity index (χ1n) is 7.60. The van der Waals surface area contributed by atoms with Gasteiger partial charge in [0.15, 0.2) is 0 Å². The molecular formula is C16H22N2O3S. The molecule has 1 aromatic carbocycles. The first-order chi connectivity index (χ1) is 10.3. The number of rotatable bonds is 4. The van der Waals surface area contributed by atoms with Crippen LogP contribution in [0.3, 0.4) is 0 Å². The number of likely N-dealkylation sites (tertiary alicyclic amines) is 1. The van der Waals surface area contributed by atoms with Crippen molar-refractivity contribution in [1.29, 1.82) is 0 Å². The lowest BCUT2D eigenvalue weighted by Gasteiger charge is -2.21. The second-order valence-corrected chi connectivity index (χ2v) is 8.59. The van der Waals surface area contributed by atoms with Gasteiger partial charge < -0.3 is 4.90 Å². The summed E-state index contributed by atoms with van der Waals surface area (Å²) >= 11 is 0. The van der Waals surface area contributed by atoms with Crippen LogP contribution in [0.25, 0.3) is 0 Å². The van der Waals surface area contributed by atoms with E-state index in [-0.39, 0.29) is 5.91 Å². The van der Waals surface area contributed by atoms with E-state index in [9.17, 15) is 13.2 Å². The molecule has 0 bridgehead atoms. The summed E-state index contributed by atoms with van der Waals surface area (Å²) < 4.78 is 24.2. The van der Waals surface area contributed by atoms with Crippen molar-refractivity contribution in [1.82, 2.24) is 4.90 Å². The van der Waals surface area contributed by atoms with Crippen molar-refractivity contribution >= 4 is 21.6 Å². The summed E-state index contributed by atoms with van der Waals surface area (Å²) in [6.45, 7) is 3.92. The maximum absolute atomic E-state index is 12.5. The van der Waals surface area contributed by atoms with Gasteiger partial charge in [0, 0.05) is 25.7 Å². The Morgan fingerprint density at radius 1 is 1.36 bits per heavy atom. The second-order valence-electron chi connectivity index (χ2n) is 6.58. The van der Waals surface area contributed by atoms with Gasteiger partial charge in [-0.2, -0.15) is 0 Å². The summed E-state index contributed by atoms with van der Waals surface area (Å²) in [5.41, 5.74) is 1.57.